The van der Waals surface area contributed by atoms with E-state index in [9.17, 15) is 4.79 Å². The Balaban J connectivity index is 2.04. The van der Waals surface area contributed by atoms with Gasteiger partial charge in [0, 0.05) is 12.3 Å². The molecule has 0 aliphatic rings. The van der Waals surface area contributed by atoms with Crippen molar-refractivity contribution in [2.45, 2.75) is 6.92 Å². The fourth-order valence-electron chi connectivity index (χ4n) is 2.74. The number of methoxy groups -OCH3 is 3. The number of rotatable bonds is 5. The second kappa shape index (κ2) is 7.31. The van der Waals surface area contributed by atoms with Crippen molar-refractivity contribution in [1.82, 2.24) is 9.38 Å². The number of hydrogen-bond acceptors (Lipinski definition) is 5. The first-order valence-electron chi connectivity index (χ1n) is 8.04. The minimum atomic E-state index is -0.122. The highest BCUT2D eigenvalue weighted by molar-refractivity contribution is 5.72. The highest BCUT2D eigenvalue weighted by Gasteiger charge is 2.12. The van der Waals surface area contributed by atoms with Crippen LogP contribution in [0.15, 0.2) is 41.3 Å². The van der Waals surface area contributed by atoms with E-state index in [2.05, 4.69) is 4.98 Å². The predicted octanol–water partition coefficient (Wildman–Crippen LogP) is 3.20. The molecule has 0 saturated heterocycles. The van der Waals surface area contributed by atoms with Crippen LogP contribution in [0.25, 0.3) is 17.8 Å². The van der Waals surface area contributed by atoms with Gasteiger partial charge in [0.2, 0.25) is 5.75 Å². The molecule has 6 heteroatoms. The van der Waals surface area contributed by atoms with E-state index in [0.29, 0.717) is 28.6 Å². The molecule has 26 heavy (non-hydrogen) atoms. The molecule has 0 spiro atoms. The number of aryl methyl sites for hydroxylation is 1. The Kier molecular flexibility index (Phi) is 4.93. The lowest BCUT2D eigenvalue weighted by atomic mass is 10.1. The second-order valence-corrected chi connectivity index (χ2v) is 5.70. The number of fused-ring (bicyclic) bond motifs is 1. The van der Waals surface area contributed by atoms with Crippen molar-refractivity contribution < 1.29 is 14.2 Å². The van der Waals surface area contributed by atoms with Gasteiger partial charge in [-0.1, -0.05) is 12.1 Å². The summed E-state index contributed by atoms with van der Waals surface area (Å²) in [5, 5.41) is 0. The Morgan fingerprint density at radius 3 is 2.31 bits per heavy atom. The van der Waals surface area contributed by atoms with Gasteiger partial charge in [-0.2, -0.15) is 0 Å². The first-order valence-corrected chi connectivity index (χ1v) is 8.04. The van der Waals surface area contributed by atoms with E-state index in [1.54, 1.807) is 33.6 Å². The molecular weight excluding hydrogens is 332 g/mol. The average Bonchev–Trinajstić information content (AvgIpc) is 2.66. The van der Waals surface area contributed by atoms with Crippen molar-refractivity contribution in [2.24, 2.45) is 0 Å². The quantitative estimate of drug-likeness (QED) is 0.706. The number of benzene rings is 1. The third kappa shape index (κ3) is 3.26. The van der Waals surface area contributed by atoms with Crippen LogP contribution in [-0.4, -0.2) is 30.7 Å². The van der Waals surface area contributed by atoms with Crippen LogP contribution in [0, 0.1) is 6.92 Å². The summed E-state index contributed by atoms with van der Waals surface area (Å²) in [4.78, 5) is 16.8. The van der Waals surface area contributed by atoms with Crippen molar-refractivity contribution in [1.29, 1.82) is 0 Å². The summed E-state index contributed by atoms with van der Waals surface area (Å²) in [6.45, 7) is 1.93. The zero-order valence-corrected chi connectivity index (χ0v) is 15.1. The molecule has 0 unspecified atom stereocenters. The van der Waals surface area contributed by atoms with Crippen LogP contribution in [0.1, 0.15) is 16.8 Å². The Bertz CT molecular complexity index is 1010. The van der Waals surface area contributed by atoms with Gasteiger partial charge < -0.3 is 14.2 Å². The van der Waals surface area contributed by atoms with Crippen molar-refractivity contribution in [3.63, 3.8) is 0 Å². The van der Waals surface area contributed by atoms with Gasteiger partial charge in [0.15, 0.2) is 11.5 Å². The van der Waals surface area contributed by atoms with Crippen molar-refractivity contribution in [2.75, 3.05) is 21.3 Å². The highest BCUT2D eigenvalue weighted by Crippen LogP contribution is 2.38. The monoisotopic (exact) mass is 352 g/mol. The van der Waals surface area contributed by atoms with E-state index >= 15 is 0 Å². The SMILES string of the molecule is COc1cc(C=Cc2cc(=O)n3cccc(C)c3n2)cc(OC)c1OC. The zero-order valence-electron chi connectivity index (χ0n) is 15.1. The largest absolute Gasteiger partial charge is 0.493 e. The number of ether oxygens (including phenoxy) is 3. The molecule has 0 amide bonds. The summed E-state index contributed by atoms with van der Waals surface area (Å²) in [5.41, 5.74) is 2.88. The predicted molar refractivity (Wildman–Crippen MR) is 101 cm³/mol. The first kappa shape index (κ1) is 17.5. The van der Waals surface area contributed by atoms with Gasteiger partial charge in [0.05, 0.1) is 27.0 Å². The lowest BCUT2D eigenvalue weighted by Crippen LogP contribution is -2.14. The average molecular weight is 352 g/mol. The van der Waals surface area contributed by atoms with E-state index in [-0.39, 0.29) is 5.56 Å². The molecule has 2 aromatic heterocycles. The maximum absolute atomic E-state index is 12.3. The van der Waals surface area contributed by atoms with E-state index in [1.165, 1.54) is 10.5 Å². The molecule has 2 heterocycles. The Morgan fingerprint density at radius 2 is 1.69 bits per heavy atom. The maximum Gasteiger partial charge on any atom is 0.258 e. The smallest absolute Gasteiger partial charge is 0.258 e. The Hall–Kier alpha value is -3.28. The van der Waals surface area contributed by atoms with Crippen LogP contribution in [0.3, 0.4) is 0 Å². The Morgan fingerprint density at radius 1 is 1.00 bits per heavy atom. The molecule has 0 atom stereocenters. The molecule has 0 N–H and O–H groups in total. The standard InChI is InChI=1S/C20H20N2O4/c1-13-6-5-9-22-18(23)12-15(21-20(13)22)8-7-14-10-16(24-2)19(26-4)17(11-14)25-3/h5-12H,1-4H3. The maximum atomic E-state index is 12.3. The lowest BCUT2D eigenvalue weighted by molar-refractivity contribution is 0.324. The number of aromatic nitrogens is 2. The summed E-state index contributed by atoms with van der Waals surface area (Å²) in [6.07, 6.45) is 5.35. The van der Waals surface area contributed by atoms with Crippen LogP contribution in [0.2, 0.25) is 0 Å². The van der Waals surface area contributed by atoms with E-state index in [1.807, 2.05) is 37.3 Å². The zero-order chi connectivity index (χ0) is 18.7. The topological polar surface area (TPSA) is 62.1 Å². The molecule has 0 aliphatic carbocycles. The highest BCUT2D eigenvalue weighted by atomic mass is 16.5. The Labute approximate surface area is 151 Å². The molecule has 0 fully saturated rings. The van der Waals surface area contributed by atoms with Crippen molar-refractivity contribution in [3.05, 3.63) is 63.7 Å². The van der Waals surface area contributed by atoms with Crippen LogP contribution in [-0.2, 0) is 0 Å². The summed E-state index contributed by atoms with van der Waals surface area (Å²) in [5.74, 6) is 1.66. The van der Waals surface area contributed by atoms with E-state index < -0.39 is 0 Å². The molecule has 0 aliphatic heterocycles. The van der Waals surface area contributed by atoms with Gasteiger partial charge in [-0.25, -0.2) is 4.98 Å². The molecule has 0 radical (unpaired) electrons. The summed E-state index contributed by atoms with van der Waals surface area (Å²) >= 11 is 0. The summed E-state index contributed by atoms with van der Waals surface area (Å²) in [7, 11) is 4.70. The molecular formula is C20H20N2O4. The third-order valence-corrected chi connectivity index (χ3v) is 4.04. The van der Waals surface area contributed by atoms with Crippen molar-refractivity contribution >= 4 is 17.8 Å². The van der Waals surface area contributed by atoms with Gasteiger partial charge in [0.25, 0.3) is 5.56 Å². The van der Waals surface area contributed by atoms with Gasteiger partial charge in [-0.15, -0.1) is 0 Å². The minimum Gasteiger partial charge on any atom is -0.493 e. The minimum absolute atomic E-state index is 0.122. The van der Waals surface area contributed by atoms with Gasteiger partial charge >= 0.3 is 0 Å². The second-order valence-electron chi connectivity index (χ2n) is 5.70. The van der Waals surface area contributed by atoms with E-state index in [4.69, 9.17) is 14.2 Å². The van der Waals surface area contributed by atoms with Crippen molar-refractivity contribution in [3.8, 4) is 17.2 Å². The molecule has 1 aromatic carbocycles. The normalized spacial score (nSPS) is 11.1. The molecule has 134 valence electrons. The fourth-order valence-corrected chi connectivity index (χ4v) is 2.74. The van der Waals surface area contributed by atoms with Gasteiger partial charge in [0.1, 0.15) is 5.65 Å². The molecule has 6 nitrogen and oxygen atoms in total. The molecule has 0 bridgehead atoms. The molecule has 3 aromatic rings. The lowest BCUT2D eigenvalue weighted by Gasteiger charge is -2.12. The third-order valence-electron chi connectivity index (χ3n) is 4.04. The summed E-state index contributed by atoms with van der Waals surface area (Å²) < 4.78 is 17.6. The van der Waals surface area contributed by atoms with Crippen LogP contribution in [0.4, 0.5) is 0 Å². The fraction of sp³-hybridized carbons (Fsp3) is 0.200. The van der Waals surface area contributed by atoms with Gasteiger partial charge in [-0.3, -0.25) is 9.20 Å². The summed E-state index contributed by atoms with van der Waals surface area (Å²) in [6, 6.07) is 8.92. The van der Waals surface area contributed by atoms with Crippen LogP contribution in [0.5, 0.6) is 17.2 Å². The van der Waals surface area contributed by atoms with Gasteiger partial charge in [-0.05, 0) is 42.3 Å². The molecule has 3 rings (SSSR count). The van der Waals surface area contributed by atoms with E-state index in [0.717, 1.165) is 11.1 Å². The first-order chi connectivity index (χ1) is 12.6. The molecule has 0 saturated carbocycles. The number of pyridine rings is 1. The number of hydrogen-bond donors (Lipinski definition) is 0. The van der Waals surface area contributed by atoms with Crippen LogP contribution >= 0.6 is 0 Å². The number of nitrogens with zero attached hydrogens (tertiary/aromatic N) is 2. The van der Waals surface area contributed by atoms with Crippen LogP contribution < -0.4 is 19.8 Å².